The molecule has 3 heterocycles. The number of hydrogen-bond donors (Lipinski definition) is 0. The summed E-state index contributed by atoms with van der Waals surface area (Å²) in [5.74, 6) is 1.34. The van der Waals surface area contributed by atoms with Crippen LogP contribution in [0.1, 0.15) is 42.3 Å². The largest absolute Gasteiger partial charge is 0.342 e. The second kappa shape index (κ2) is 8.29. The Kier molecular flexibility index (Phi) is 5.41. The Morgan fingerprint density at radius 3 is 2.93 bits per heavy atom. The predicted octanol–water partition coefficient (Wildman–Crippen LogP) is 3.17. The second-order valence-electron chi connectivity index (χ2n) is 7.12. The Balaban J connectivity index is 1.46. The third-order valence-corrected chi connectivity index (χ3v) is 5.14. The molecule has 1 aromatic carbocycles. The molecule has 0 aliphatic carbocycles. The Bertz CT molecular complexity index is 941. The van der Waals surface area contributed by atoms with Gasteiger partial charge in [-0.1, -0.05) is 35.5 Å². The molecule has 0 radical (unpaired) electrons. The van der Waals surface area contributed by atoms with Gasteiger partial charge in [-0.15, -0.1) is 0 Å². The standard InChI is InChI=1S/C21H23N5O2/c1-15-24-21(25-28-15)18-12-22-14-23-20(18)17-8-5-11-26(13-17)19(27)10-9-16-6-3-2-4-7-16/h2-4,6-7,12,14,17H,5,8-11,13H2,1H3/t17-/m0/s1. The Morgan fingerprint density at radius 2 is 2.14 bits per heavy atom. The molecule has 7 nitrogen and oxygen atoms in total. The lowest BCUT2D eigenvalue weighted by atomic mass is 9.91. The topological polar surface area (TPSA) is 85.0 Å². The summed E-state index contributed by atoms with van der Waals surface area (Å²) in [6.07, 6.45) is 6.49. The number of likely N-dealkylation sites (tertiary alicyclic amines) is 1. The zero-order valence-electron chi connectivity index (χ0n) is 15.9. The van der Waals surface area contributed by atoms with Gasteiger partial charge in [-0.2, -0.15) is 4.98 Å². The summed E-state index contributed by atoms with van der Waals surface area (Å²) in [4.78, 5) is 27.7. The molecule has 1 fully saturated rings. The van der Waals surface area contributed by atoms with Gasteiger partial charge < -0.3 is 9.42 Å². The van der Waals surface area contributed by atoms with Crippen LogP contribution in [0.25, 0.3) is 11.4 Å². The zero-order chi connectivity index (χ0) is 19.3. The van der Waals surface area contributed by atoms with Crippen LogP contribution in [0.2, 0.25) is 0 Å². The molecular formula is C21H23N5O2. The second-order valence-corrected chi connectivity index (χ2v) is 7.12. The van der Waals surface area contributed by atoms with E-state index in [9.17, 15) is 4.79 Å². The highest BCUT2D eigenvalue weighted by atomic mass is 16.5. The first-order valence-electron chi connectivity index (χ1n) is 9.63. The van der Waals surface area contributed by atoms with Crippen molar-refractivity contribution in [3.8, 4) is 11.4 Å². The summed E-state index contributed by atoms with van der Waals surface area (Å²) in [5, 5.41) is 4.01. The van der Waals surface area contributed by atoms with E-state index in [4.69, 9.17) is 4.52 Å². The zero-order valence-corrected chi connectivity index (χ0v) is 15.9. The van der Waals surface area contributed by atoms with E-state index in [1.807, 2.05) is 23.1 Å². The molecule has 1 saturated heterocycles. The number of amides is 1. The van der Waals surface area contributed by atoms with Gasteiger partial charge in [0.25, 0.3) is 0 Å². The molecule has 28 heavy (non-hydrogen) atoms. The smallest absolute Gasteiger partial charge is 0.223 e. The Labute approximate surface area is 163 Å². The van der Waals surface area contributed by atoms with Crippen LogP contribution in [0.15, 0.2) is 47.4 Å². The van der Waals surface area contributed by atoms with Gasteiger partial charge in [-0.05, 0) is 24.8 Å². The molecule has 0 bridgehead atoms. The summed E-state index contributed by atoms with van der Waals surface area (Å²) in [7, 11) is 0. The minimum Gasteiger partial charge on any atom is -0.342 e. The molecule has 144 valence electrons. The maximum atomic E-state index is 12.8. The molecule has 1 aliphatic heterocycles. The lowest BCUT2D eigenvalue weighted by molar-refractivity contribution is -0.132. The van der Waals surface area contributed by atoms with Crippen molar-refractivity contribution in [2.24, 2.45) is 0 Å². The molecule has 4 rings (SSSR count). The molecule has 1 aliphatic rings. The summed E-state index contributed by atoms with van der Waals surface area (Å²) in [6, 6.07) is 10.1. The van der Waals surface area contributed by atoms with E-state index in [1.165, 1.54) is 5.56 Å². The SMILES string of the molecule is Cc1nc(-c2cncnc2[C@H]2CCCN(C(=O)CCc3ccccc3)C2)no1. The maximum absolute atomic E-state index is 12.8. The normalized spacial score (nSPS) is 16.9. The van der Waals surface area contributed by atoms with Gasteiger partial charge in [-0.25, -0.2) is 9.97 Å². The van der Waals surface area contributed by atoms with Gasteiger partial charge in [0.15, 0.2) is 0 Å². The first-order chi connectivity index (χ1) is 13.7. The Morgan fingerprint density at radius 1 is 1.29 bits per heavy atom. The predicted molar refractivity (Wildman–Crippen MR) is 103 cm³/mol. The van der Waals surface area contributed by atoms with E-state index in [0.717, 1.165) is 37.1 Å². The van der Waals surface area contributed by atoms with E-state index >= 15 is 0 Å². The molecule has 2 aromatic heterocycles. The first kappa shape index (κ1) is 18.3. The monoisotopic (exact) mass is 377 g/mol. The van der Waals surface area contributed by atoms with Crippen LogP contribution in [-0.4, -0.2) is 44.0 Å². The number of carbonyl (C=O) groups excluding carboxylic acids is 1. The van der Waals surface area contributed by atoms with E-state index in [0.29, 0.717) is 24.7 Å². The van der Waals surface area contributed by atoms with Crippen molar-refractivity contribution >= 4 is 5.91 Å². The molecular weight excluding hydrogens is 354 g/mol. The first-order valence-corrected chi connectivity index (χ1v) is 9.63. The molecule has 0 spiro atoms. The number of nitrogens with zero attached hydrogens (tertiary/aromatic N) is 5. The van der Waals surface area contributed by atoms with Crippen LogP contribution in [0.5, 0.6) is 0 Å². The quantitative estimate of drug-likeness (QED) is 0.679. The summed E-state index contributed by atoms with van der Waals surface area (Å²) < 4.78 is 5.11. The number of piperidine rings is 1. The fourth-order valence-corrected chi connectivity index (χ4v) is 3.73. The summed E-state index contributed by atoms with van der Waals surface area (Å²) in [6.45, 7) is 3.22. The fraction of sp³-hybridized carbons (Fsp3) is 0.381. The summed E-state index contributed by atoms with van der Waals surface area (Å²) in [5.41, 5.74) is 2.86. The van der Waals surface area contributed by atoms with Crippen molar-refractivity contribution in [3.05, 3.63) is 60.0 Å². The molecule has 0 saturated carbocycles. The van der Waals surface area contributed by atoms with Crippen LogP contribution in [-0.2, 0) is 11.2 Å². The molecule has 0 unspecified atom stereocenters. The van der Waals surface area contributed by atoms with Crippen LogP contribution in [0, 0.1) is 6.92 Å². The van der Waals surface area contributed by atoms with Crippen molar-refractivity contribution in [1.29, 1.82) is 0 Å². The van der Waals surface area contributed by atoms with E-state index < -0.39 is 0 Å². The van der Waals surface area contributed by atoms with Crippen LogP contribution < -0.4 is 0 Å². The molecule has 1 amide bonds. The van der Waals surface area contributed by atoms with Gasteiger partial charge in [-0.3, -0.25) is 4.79 Å². The average molecular weight is 377 g/mol. The van der Waals surface area contributed by atoms with Crippen LogP contribution in [0.3, 0.4) is 0 Å². The number of aryl methyl sites for hydroxylation is 2. The van der Waals surface area contributed by atoms with E-state index in [1.54, 1.807) is 19.4 Å². The maximum Gasteiger partial charge on any atom is 0.223 e. The third-order valence-electron chi connectivity index (χ3n) is 5.14. The minimum atomic E-state index is 0.145. The van der Waals surface area contributed by atoms with Crippen molar-refractivity contribution in [2.45, 2.75) is 38.5 Å². The highest BCUT2D eigenvalue weighted by molar-refractivity contribution is 5.76. The number of carbonyl (C=O) groups is 1. The van der Waals surface area contributed by atoms with Crippen molar-refractivity contribution in [2.75, 3.05) is 13.1 Å². The molecule has 7 heteroatoms. The lowest BCUT2D eigenvalue weighted by Crippen LogP contribution is -2.39. The van der Waals surface area contributed by atoms with E-state index in [2.05, 4.69) is 32.2 Å². The Hall–Kier alpha value is -3.09. The molecule has 0 N–H and O–H groups in total. The van der Waals surface area contributed by atoms with Gasteiger partial charge >= 0.3 is 0 Å². The van der Waals surface area contributed by atoms with E-state index in [-0.39, 0.29) is 11.8 Å². The fourth-order valence-electron chi connectivity index (χ4n) is 3.73. The number of rotatable bonds is 5. The lowest BCUT2D eigenvalue weighted by Gasteiger charge is -2.33. The van der Waals surface area contributed by atoms with Crippen molar-refractivity contribution < 1.29 is 9.32 Å². The van der Waals surface area contributed by atoms with Gasteiger partial charge in [0, 0.05) is 38.5 Å². The van der Waals surface area contributed by atoms with Crippen LogP contribution in [0.4, 0.5) is 0 Å². The third kappa shape index (κ3) is 4.08. The van der Waals surface area contributed by atoms with Gasteiger partial charge in [0.2, 0.25) is 17.6 Å². The van der Waals surface area contributed by atoms with Gasteiger partial charge in [0.05, 0.1) is 11.3 Å². The van der Waals surface area contributed by atoms with Crippen LogP contribution >= 0.6 is 0 Å². The van der Waals surface area contributed by atoms with Crippen molar-refractivity contribution in [1.82, 2.24) is 25.0 Å². The highest BCUT2D eigenvalue weighted by Crippen LogP contribution is 2.31. The minimum absolute atomic E-state index is 0.145. The molecule has 1 atom stereocenters. The number of benzene rings is 1. The van der Waals surface area contributed by atoms with Crippen molar-refractivity contribution in [3.63, 3.8) is 0 Å². The highest BCUT2D eigenvalue weighted by Gasteiger charge is 2.28. The summed E-state index contributed by atoms with van der Waals surface area (Å²) >= 11 is 0. The number of hydrogen-bond acceptors (Lipinski definition) is 6. The van der Waals surface area contributed by atoms with Gasteiger partial charge in [0.1, 0.15) is 6.33 Å². The average Bonchev–Trinajstić information content (AvgIpc) is 3.19. The molecule has 3 aromatic rings. The number of aromatic nitrogens is 4.